The molecule has 0 spiro atoms. The predicted octanol–water partition coefficient (Wildman–Crippen LogP) is 2.41. The van der Waals surface area contributed by atoms with E-state index < -0.39 is 0 Å². The molecule has 0 rings (SSSR count). The molecule has 7 heavy (non-hydrogen) atoms. The molecule has 0 heterocycles. The third-order valence-corrected chi connectivity index (χ3v) is 0. The van der Waals surface area contributed by atoms with E-state index in [2.05, 4.69) is 13.2 Å². The van der Waals surface area contributed by atoms with Crippen LogP contribution in [0.25, 0.3) is 0 Å². The Kier molecular flexibility index (Phi) is 10200. The molecule has 0 saturated carbocycles. The summed E-state index contributed by atoms with van der Waals surface area (Å²) in [6, 6.07) is 0. The summed E-state index contributed by atoms with van der Waals surface area (Å²) < 4.78 is 9.50. The number of hydrogen-bond donors (Lipinski definition) is 0. The van der Waals surface area contributed by atoms with Crippen LogP contribution in [0.5, 0.6) is 0 Å². The number of rotatable bonds is 0. The second-order valence-electron chi connectivity index (χ2n) is 0. The van der Waals surface area contributed by atoms with Gasteiger partial charge in [-0.1, -0.05) is 13.8 Å². The van der Waals surface area contributed by atoms with Crippen molar-refractivity contribution in [3.8, 4) is 0 Å². The minimum absolute atomic E-state index is 0. The zero-order valence-corrected chi connectivity index (χ0v) is 6.64. The van der Waals surface area contributed by atoms with Crippen LogP contribution in [-0.2, 0) is 18.6 Å². The molecule has 2 heteroatoms. The minimum atomic E-state index is 0. The normalized spacial score (nSPS) is 2.29. The Balaban J connectivity index is -0.00000000900. The van der Waals surface area contributed by atoms with Gasteiger partial charge in [0.05, 0.1) is 7.18 Å². The summed E-state index contributed by atoms with van der Waals surface area (Å²) in [5, 5.41) is 0. The van der Waals surface area contributed by atoms with Crippen molar-refractivity contribution in [3.63, 3.8) is 0 Å². The van der Waals surface area contributed by atoms with Crippen molar-refractivity contribution in [2.75, 3.05) is 7.18 Å². The van der Waals surface area contributed by atoms with E-state index in [1.165, 1.54) is 0 Å². The van der Waals surface area contributed by atoms with E-state index in [1.54, 1.807) is 0 Å². The first-order chi connectivity index (χ1) is 3.00. The van der Waals surface area contributed by atoms with Gasteiger partial charge in [0.1, 0.15) is 0 Å². The van der Waals surface area contributed by atoms with Crippen molar-refractivity contribution < 1.29 is 22.9 Å². The molecule has 0 unspecified atom stereocenters. The van der Waals surface area contributed by atoms with E-state index in [0.29, 0.717) is 7.18 Å². The van der Waals surface area contributed by atoms with Crippen LogP contribution in [0.3, 0.4) is 0 Å². The van der Waals surface area contributed by atoms with Crippen molar-refractivity contribution in [1.29, 1.82) is 0 Å². The summed E-state index contributed by atoms with van der Waals surface area (Å²) in [4.78, 5) is 0. The number of hydrogen-bond acceptors (Lipinski definition) is 0. The maximum Gasteiger partial charge on any atom is 0.0785 e. The summed E-state index contributed by atoms with van der Waals surface area (Å²) in [5.74, 6) is 0. The molecule has 0 bridgehead atoms. The van der Waals surface area contributed by atoms with Crippen LogP contribution in [0.15, 0.2) is 13.2 Å². The van der Waals surface area contributed by atoms with Gasteiger partial charge in [0, 0.05) is 18.6 Å². The monoisotopic (exact) mass is 143 g/mol. The van der Waals surface area contributed by atoms with Gasteiger partial charge in [-0.2, -0.15) is 0 Å². The molecule has 0 saturated heterocycles. The largest absolute Gasteiger partial charge is 0.255 e. The molecular formula is C5H13FV. The Morgan fingerprint density at radius 2 is 1.00 bits per heavy atom. The third-order valence-electron chi connectivity index (χ3n) is 0. The summed E-state index contributed by atoms with van der Waals surface area (Å²) in [6.07, 6.45) is 0. The second kappa shape index (κ2) is 2670. The standard InChI is InChI=1S/C2H6.C2H4.CH3F.V/c3*1-2;/h1-2H3;1-2H2;1H3;. The summed E-state index contributed by atoms with van der Waals surface area (Å²) >= 11 is 0. The predicted molar refractivity (Wildman–Crippen MR) is 29.6 cm³/mol. The zero-order valence-electron chi connectivity index (χ0n) is 5.24. The first-order valence-corrected chi connectivity index (χ1v) is 1.88. The van der Waals surface area contributed by atoms with Crippen LogP contribution >= 0.6 is 0 Å². The fourth-order valence-electron chi connectivity index (χ4n) is 0. The van der Waals surface area contributed by atoms with Crippen LogP contribution in [0.2, 0.25) is 0 Å². The molecule has 0 aromatic carbocycles. The third kappa shape index (κ3) is 1750. The van der Waals surface area contributed by atoms with Gasteiger partial charge in [-0.25, -0.2) is 0 Å². The van der Waals surface area contributed by atoms with Crippen LogP contribution in [0, 0.1) is 0 Å². The number of halogens is 1. The molecule has 0 aliphatic heterocycles. The summed E-state index contributed by atoms with van der Waals surface area (Å²) in [6.45, 7) is 10.0. The van der Waals surface area contributed by atoms with Gasteiger partial charge in [0.2, 0.25) is 0 Å². The summed E-state index contributed by atoms with van der Waals surface area (Å²) in [5.41, 5.74) is 0. The van der Waals surface area contributed by atoms with E-state index in [0.717, 1.165) is 0 Å². The maximum atomic E-state index is 9.50. The van der Waals surface area contributed by atoms with Crippen molar-refractivity contribution >= 4 is 0 Å². The Morgan fingerprint density at radius 3 is 1.00 bits per heavy atom. The van der Waals surface area contributed by atoms with Crippen LogP contribution in [-0.4, -0.2) is 7.18 Å². The van der Waals surface area contributed by atoms with E-state index in [1.807, 2.05) is 13.8 Å². The Labute approximate surface area is 57.7 Å². The molecule has 0 aliphatic rings. The van der Waals surface area contributed by atoms with Crippen molar-refractivity contribution in [2.24, 2.45) is 0 Å². The molecule has 45 valence electrons. The van der Waals surface area contributed by atoms with Crippen LogP contribution in [0.1, 0.15) is 13.8 Å². The zero-order chi connectivity index (χ0) is 6.00. The smallest absolute Gasteiger partial charge is 0.0785 e. The quantitative estimate of drug-likeness (QED) is 0.457. The Bertz CT molecular complexity index is 8.04. The molecule has 0 aromatic rings. The first-order valence-electron chi connectivity index (χ1n) is 1.88. The molecule has 0 amide bonds. The van der Waals surface area contributed by atoms with Gasteiger partial charge < -0.3 is 0 Å². The fourth-order valence-corrected chi connectivity index (χ4v) is 0. The van der Waals surface area contributed by atoms with Gasteiger partial charge >= 0.3 is 0 Å². The molecule has 1 radical (unpaired) electrons. The Morgan fingerprint density at radius 1 is 1.00 bits per heavy atom. The topological polar surface area (TPSA) is 0 Å². The van der Waals surface area contributed by atoms with Crippen LogP contribution in [0.4, 0.5) is 4.39 Å². The molecule has 0 atom stereocenters. The van der Waals surface area contributed by atoms with E-state index in [4.69, 9.17) is 0 Å². The molecule has 0 nitrogen and oxygen atoms in total. The molecule has 0 aromatic heterocycles. The SMILES string of the molecule is C=C.CC.CF.[V]. The molecular weight excluding hydrogens is 130 g/mol. The van der Waals surface area contributed by atoms with Gasteiger partial charge in [0.25, 0.3) is 0 Å². The average molecular weight is 143 g/mol. The molecule has 0 N–H and O–H groups in total. The van der Waals surface area contributed by atoms with E-state index >= 15 is 0 Å². The molecule has 0 aliphatic carbocycles. The van der Waals surface area contributed by atoms with E-state index in [9.17, 15) is 4.39 Å². The fraction of sp³-hybridized carbons (Fsp3) is 0.600. The summed E-state index contributed by atoms with van der Waals surface area (Å²) in [7, 11) is 0.500. The van der Waals surface area contributed by atoms with Gasteiger partial charge in [-0.3, -0.25) is 4.39 Å². The maximum absolute atomic E-state index is 9.50. The second-order valence-corrected chi connectivity index (χ2v) is 0. The van der Waals surface area contributed by atoms with Crippen molar-refractivity contribution in [2.45, 2.75) is 13.8 Å². The van der Waals surface area contributed by atoms with E-state index in [-0.39, 0.29) is 18.6 Å². The van der Waals surface area contributed by atoms with Crippen LogP contribution < -0.4 is 0 Å². The molecule has 0 fully saturated rings. The van der Waals surface area contributed by atoms with Gasteiger partial charge in [0.15, 0.2) is 0 Å². The van der Waals surface area contributed by atoms with Gasteiger partial charge in [-0.05, 0) is 0 Å². The van der Waals surface area contributed by atoms with Gasteiger partial charge in [-0.15, -0.1) is 13.2 Å². The minimum Gasteiger partial charge on any atom is -0.255 e. The average Bonchev–Trinajstić information content (AvgIpc) is 1.81. The number of alkyl halides is 1. The first kappa shape index (κ1) is 26.8. The Hall–Kier alpha value is 0.254. The van der Waals surface area contributed by atoms with Crippen molar-refractivity contribution in [1.82, 2.24) is 0 Å². The van der Waals surface area contributed by atoms with Crippen molar-refractivity contribution in [3.05, 3.63) is 13.2 Å².